The number of alkyl halides is 3. The Morgan fingerprint density at radius 2 is 0.975 bits per heavy atom. The van der Waals surface area contributed by atoms with E-state index in [2.05, 4.69) is 0 Å². The van der Waals surface area contributed by atoms with Gasteiger partial charge >= 0.3 is 29.8 Å². The lowest BCUT2D eigenvalue weighted by molar-refractivity contribution is -0.326. The maximum atomic E-state index is 12.0. The van der Waals surface area contributed by atoms with Gasteiger partial charge in [-0.2, -0.15) is 0 Å². The molecule has 0 spiro atoms. The van der Waals surface area contributed by atoms with Crippen molar-refractivity contribution in [3.63, 3.8) is 0 Å². The number of hydrogen-bond donors (Lipinski definition) is 1. The predicted octanol–water partition coefficient (Wildman–Crippen LogP) is 1.11. The number of esters is 5. The van der Waals surface area contributed by atoms with E-state index in [-0.39, 0.29) is 6.61 Å². The molecule has 8 atom stereocenters. The van der Waals surface area contributed by atoms with Crippen molar-refractivity contribution in [2.24, 2.45) is 0 Å². The fraction of sp³-hybridized carbons (Fsp3) is 0.727. The first-order valence-electron chi connectivity index (χ1n) is 11.6. The van der Waals surface area contributed by atoms with Crippen molar-refractivity contribution in [2.45, 2.75) is 87.6 Å². The summed E-state index contributed by atoms with van der Waals surface area (Å²) in [7, 11) is 0. The van der Waals surface area contributed by atoms with Crippen LogP contribution in [0, 0.1) is 5.41 Å². The first kappa shape index (κ1) is 33.8. The summed E-state index contributed by atoms with van der Waals surface area (Å²) in [6, 6.07) is 0. The monoisotopic (exact) mass is 635 g/mol. The van der Waals surface area contributed by atoms with Crippen molar-refractivity contribution in [3.05, 3.63) is 0 Å². The molecule has 2 heterocycles. The molecule has 0 saturated carbocycles. The second-order valence-corrected chi connectivity index (χ2v) is 10.7. The van der Waals surface area contributed by atoms with Crippen LogP contribution in [0.15, 0.2) is 0 Å². The van der Waals surface area contributed by atoms with E-state index < -0.39 is 95.3 Å². The van der Waals surface area contributed by atoms with Crippen LogP contribution in [-0.4, -0.2) is 102 Å². The van der Waals surface area contributed by atoms with E-state index in [0.29, 0.717) is 0 Å². The van der Waals surface area contributed by atoms with Crippen molar-refractivity contribution in [1.29, 1.82) is 5.41 Å². The normalized spacial score (nSPS) is 30.3. The number of halogens is 3. The SMILES string of the molecule is CC(=O)O[C@@H]1[C@@H](OC(C)=O)[C@H](O[C@@H]2CO[C@H](OC(=N)C(Cl)(Cl)Cl)[C@H](OC(C)=O)[C@H]2OC(C)=O)OC[C@H]1OC(C)=O. The highest BCUT2D eigenvalue weighted by atomic mass is 35.6. The third kappa shape index (κ3) is 9.89. The minimum absolute atomic E-state index is 0.356. The fourth-order valence-corrected chi connectivity index (χ4v) is 3.93. The fourth-order valence-electron chi connectivity index (χ4n) is 3.79. The van der Waals surface area contributed by atoms with Gasteiger partial charge in [-0.1, -0.05) is 34.8 Å². The van der Waals surface area contributed by atoms with Crippen molar-refractivity contribution in [2.75, 3.05) is 13.2 Å². The zero-order chi connectivity index (χ0) is 30.4. The minimum atomic E-state index is -2.30. The Morgan fingerprint density at radius 1 is 0.600 bits per heavy atom. The molecule has 2 aliphatic heterocycles. The van der Waals surface area contributed by atoms with E-state index in [1.165, 1.54) is 0 Å². The third-order valence-electron chi connectivity index (χ3n) is 5.09. The van der Waals surface area contributed by atoms with Gasteiger partial charge < -0.3 is 42.6 Å². The van der Waals surface area contributed by atoms with Gasteiger partial charge in [0.25, 0.3) is 3.79 Å². The molecular weight excluding hydrogens is 609 g/mol. The van der Waals surface area contributed by atoms with Gasteiger partial charge in [0.1, 0.15) is 6.10 Å². The first-order chi connectivity index (χ1) is 18.5. The van der Waals surface area contributed by atoms with Gasteiger partial charge in [0.05, 0.1) is 13.2 Å². The van der Waals surface area contributed by atoms with Gasteiger partial charge in [0, 0.05) is 34.6 Å². The standard InChI is InChI=1S/C22H28Cl3NO14/c1-8(27)34-13-6-32-19(17(37-11(4)30)15(13)35-9(2)28)39-14-7-33-20(40-21(26)22(23,24)25)18(38-12(5)31)16(14)36-10(3)29/h13-20,26H,6-7H2,1-5H3/t13-,14-,15+,16+,17-,18-,19+,20-/m1/s1. The molecule has 18 heteroatoms. The van der Waals surface area contributed by atoms with Crippen molar-refractivity contribution >= 4 is 70.5 Å². The zero-order valence-corrected chi connectivity index (χ0v) is 24.2. The largest absolute Gasteiger partial charge is 0.456 e. The number of hydrogen-bond acceptors (Lipinski definition) is 15. The quantitative estimate of drug-likeness (QED) is 0.131. The molecule has 2 rings (SSSR count). The average Bonchev–Trinajstić information content (AvgIpc) is 2.78. The number of carbonyl (C=O) groups excluding carboxylic acids is 5. The Hall–Kier alpha value is -2.43. The summed E-state index contributed by atoms with van der Waals surface area (Å²) in [6.07, 6.45) is -11.4. The lowest BCUT2D eigenvalue weighted by Gasteiger charge is -2.44. The molecule has 1 N–H and O–H groups in total. The van der Waals surface area contributed by atoms with Crippen LogP contribution in [0.25, 0.3) is 0 Å². The van der Waals surface area contributed by atoms with Crippen LogP contribution in [0.2, 0.25) is 0 Å². The molecule has 15 nitrogen and oxygen atoms in total. The summed E-state index contributed by atoms with van der Waals surface area (Å²) in [5, 5.41) is 7.83. The molecular formula is C22H28Cl3NO14. The molecule has 226 valence electrons. The molecule has 0 bridgehead atoms. The zero-order valence-electron chi connectivity index (χ0n) is 21.9. The molecule has 0 aliphatic carbocycles. The second kappa shape index (κ2) is 14.5. The van der Waals surface area contributed by atoms with Crippen LogP contribution < -0.4 is 0 Å². The van der Waals surface area contributed by atoms with Gasteiger partial charge in [-0.3, -0.25) is 29.4 Å². The van der Waals surface area contributed by atoms with E-state index in [0.717, 1.165) is 34.6 Å². The summed E-state index contributed by atoms with van der Waals surface area (Å²) >= 11 is 17.0. The summed E-state index contributed by atoms with van der Waals surface area (Å²) in [5.41, 5.74) is 0. The Labute approximate surface area is 243 Å². The molecule has 2 fully saturated rings. The average molecular weight is 637 g/mol. The highest BCUT2D eigenvalue weighted by Crippen LogP contribution is 2.33. The predicted molar refractivity (Wildman–Crippen MR) is 131 cm³/mol. The van der Waals surface area contributed by atoms with Crippen molar-refractivity contribution in [1.82, 2.24) is 0 Å². The summed E-state index contributed by atoms with van der Waals surface area (Å²) in [6.45, 7) is 4.60. The Kier molecular flexibility index (Phi) is 12.2. The third-order valence-corrected chi connectivity index (χ3v) is 5.61. The van der Waals surface area contributed by atoms with Crippen LogP contribution in [0.4, 0.5) is 0 Å². The molecule has 0 unspecified atom stereocenters. The van der Waals surface area contributed by atoms with Crippen LogP contribution >= 0.6 is 34.8 Å². The maximum Gasteiger partial charge on any atom is 0.303 e. The van der Waals surface area contributed by atoms with Crippen LogP contribution in [0.5, 0.6) is 0 Å². The van der Waals surface area contributed by atoms with Crippen LogP contribution in [0.3, 0.4) is 0 Å². The van der Waals surface area contributed by atoms with E-state index in [1.54, 1.807) is 0 Å². The lowest BCUT2D eigenvalue weighted by Crippen LogP contribution is -2.62. The smallest absolute Gasteiger partial charge is 0.303 e. The maximum absolute atomic E-state index is 12.0. The Morgan fingerprint density at radius 3 is 1.43 bits per heavy atom. The van der Waals surface area contributed by atoms with Gasteiger partial charge in [0.15, 0.2) is 30.7 Å². The van der Waals surface area contributed by atoms with E-state index in [1.807, 2.05) is 0 Å². The topological polar surface area (TPSA) is 192 Å². The number of carbonyl (C=O) groups is 5. The molecule has 40 heavy (non-hydrogen) atoms. The highest BCUT2D eigenvalue weighted by Gasteiger charge is 2.53. The summed E-state index contributed by atoms with van der Waals surface area (Å²) < 4.78 is 46.4. The Bertz CT molecular complexity index is 988. The molecule has 0 aromatic rings. The molecule has 0 amide bonds. The molecule has 0 aromatic heterocycles. The number of rotatable bonds is 8. The van der Waals surface area contributed by atoms with Crippen LogP contribution in [0.1, 0.15) is 34.6 Å². The molecule has 2 aliphatic rings. The van der Waals surface area contributed by atoms with Crippen molar-refractivity contribution < 1.29 is 66.6 Å². The van der Waals surface area contributed by atoms with Gasteiger partial charge in [-0.15, -0.1) is 0 Å². The molecule has 0 radical (unpaired) electrons. The van der Waals surface area contributed by atoms with E-state index in [9.17, 15) is 24.0 Å². The van der Waals surface area contributed by atoms with Gasteiger partial charge in [0.2, 0.25) is 18.3 Å². The second-order valence-electron chi connectivity index (χ2n) is 8.47. The van der Waals surface area contributed by atoms with E-state index >= 15 is 0 Å². The van der Waals surface area contributed by atoms with Crippen LogP contribution in [-0.2, 0) is 66.6 Å². The number of ether oxygens (including phenoxy) is 9. The minimum Gasteiger partial charge on any atom is -0.456 e. The first-order valence-corrected chi connectivity index (χ1v) is 12.7. The van der Waals surface area contributed by atoms with Crippen molar-refractivity contribution in [3.8, 4) is 0 Å². The summed E-state index contributed by atoms with van der Waals surface area (Å²) in [5.74, 6) is -4.90. The number of nitrogens with one attached hydrogen (secondary N) is 1. The van der Waals surface area contributed by atoms with Gasteiger partial charge in [-0.25, -0.2) is 0 Å². The molecule has 0 aromatic carbocycles. The summed E-state index contributed by atoms with van der Waals surface area (Å²) in [4.78, 5) is 59.2. The Balaban J connectivity index is 2.40. The highest BCUT2D eigenvalue weighted by molar-refractivity contribution is 6.76. The van der Waals surface area contributed by atoms with E-state index in [4.69, 9.17) is 82.8 Å². The molecule has 2 saturated heterocycles. The van der Waals surface area contributed by atoms with Gasteiger partial charge in [-0.05, 0) is 0 Å². The lowest BCUT2D eigenvalue weighted by atomic mass is 10.0.